The average Bonchev–Trinajstić information content (AvgIpc) is 2.51. The molecule has 0 bridgehead atoms. The van der Waals surface area contributed by atoms with E-state index in [0.29, 0.717) is 0 Å². The minimum atomic E-state index is 0.741. The van der Waals surface area contributed by atoms with Gasteiger partial charge in [0.2, 0.25) is 0 Å². The molecule has 3 rings (SSSR count). The second kappa shape index (κ2) is 5.65. The molecule has 0 aliphatic heterocycles. The number of benzene rings is 1. The number of fused-ring (bicyclic) bond motifs is 1. The van der Waals surface area contributed by atoms with E-state index >= 15 is 0 Å². The molecule has 2 aromatic heterocycles. The molecule has 1 aromatic carbocycles. The Morgan fingerprint density at radius 3 is 2.62 bits per heavy atom. The van der Waals surface area contributed by atoms with Crippen molar-refractivity contribution in [3.63, 3.8) is 0 Å². The highest BCUT2D eigenvalue weighted by molar-refractivity contribution is 7.99. The Hall–Kier alpha value is -2.21. The van der Waals surface area contributed by atoms with Crippen LogP contribution in [0.15, 0.2) is 40.6 Å². The quantitative estimate of drug-likeness (QED) is 0.749. The van der Waals surface area contributed by atoms with Gasteiger partial charge in [-0.1, -0.05) is 18.2 Å². The predicted octanol–water partition coefficient (Wildman–Crippen LogP) is 3.23. The number of aryl methyl sites for hydroxylation is 1. The number of aromatic nitrogens is 4. The molecule has 5 nitrogen and oxygen atoms in total. The van der Waals surface area contributed by atoms with Gasteiger partial charge in [0.05, 0.1) is 5.52 Å². The van der Waals surface area contributed by atoms with Crippen LogP contribution in [0, 0.1) is 13.8 Å². The normalized spacial score (nSPS) is 10.8. The SMILES string of the molecule is CNc1nc(C)nc(Sc2ncnc3ccccc23)c1C. The first-order chi connectivity index (χ1) is 10.2. The van der Waals surface area contributed by atoms with Gasteiger partial charge in [-0.05, 0) is 31.7 Å². The van der Waals surface area contributed by atoms with E-state index in [2.05, 4.69) is 25.3 Å². The van der Waals surface area contributed by atoms with Crippen LogP contribution in [0.4, 0.5) is 5.82 Å². The first kappa shape index (κ1) is 13.8. The van der Waals surface area contributed by atoms with Gasteiger partial charge >= 0.3 is 0 Å². The van der Waals surface area contributed by atoms with Crippen LogP contribution in [0.25, 0.3) is 10.9 Å². The van der Waals surface area contributed by atoms with Gasteiger partial charge in [0, 0.05) is 18.0 Å². The van der Waals surface area contributed by atoms with Gasteiger partial charge < -0.3 is 5.32 Å². The van der Waals surface area contributed by atoms with Crippen LogP contribution in [-0.4, -0.2) is 27.0 Å². The molecule has 1 N–H and O–H groups in total. The molecular weight excluding hydrogens is 282 g/mol. The maximum atomic E-state index is 4.53. The largest absolute Gasteiger partial charge is 0.373 e. The zero-order valence-electron chi connectivity index (χ0n) is 12.1. The van der Waals surface area contributed by atoms with Gasteiger partial charge in [-0.15, -0.1) is 0 Å². The summed E-state index contributed by atoms with van der Waals surface area (Å²) >= 11 is 1.55. The van der Waals surface area contributed by atoms with Crippen molar-refractivity contribution in [3.05, 3.63) is 42.0 Å². The third-order valence-corrected chi connectivity index (χ3v) is 4.26. The molecular formula is C15H15N5S. The Morgan fingerprint density at radius 2 is 1.81 bits per heavy atom. The van der Waals surface area contributed by atoms with Gasteiger partial charge in [0.15, 0.2) is 0 Å². The van der Waals surface area contributed by atoms with Crippen molar-refractivity contribution >= 4 is 28.5 Å². The van der Waals surface area contributed by atoms with Crippen molar-refractivity contribution in [2.24, 2.45) is 0 Å². The maximum absolute atomic E-state index is 4.53. The van der Waals surface area contributed by atoms with Crippen LogP contribution in [0.3, 0.4) is 0 Å². The number of hydrogen-bond donors (Lipinski definition) is 1. The Balaban J connectivity index is 2.09. The molecule has 0 saturated heterocycles. The highest BCUT2D eigenvalue weighted by Crippen LogP contribution is 2.33. The molecule has 0 unspecified atom stereocenters. The topological polar surface area (TPSA) is 63.6 Å². The van der Waals surface area contributed by atoms with Gasteiger partial charge in [-0.2, -0.15) is 0 Å². The summed E-state index contributed by atoms with van der Waals surface area (Å²) in [6, 6.07) is 7.98. The Labute approximate surface area is 127 Å². The van der Waals surface area contributed by atoms with Gasteiger partial charge in [-0.25, -0.2) is 19.9 Å². The summed E-state index contributed by atoms with van der Waals surface area (Å²) in [7, 11) is 1.86. The monoisotopic (exact) mass is 297 g/mol. The molecule has 106 valence electrons. The highest BCUT2D eigenvalue weighted by atomic mass is 32.2. The molecule has 0 saturated carbocycles. The summed E-state index contributed by atoms with van der Waals surface area (Å²) in [5.41, 5.74) is 1.96. The van der Waals surface area contributed by atoms with Crippen molar-refractivity contribution in [3.8, 4) is 0 Å². The minimum absolute atomic E-state index is 0.741. The first-order valence-electron chi connectivity index (χ1n) is 6.59. The number of nitrogens with zero attached hydrogens (tertiary/aromatic N) is 4. The van der Waals surface area contributed by atoms with Crippen molar-refractivity contribution in [1.29, 1.82) is 0 Å². The molecule has 0 spiro atoms. The molecule has 0 aliphatic carbocycles. The first-order valence-corrected chi connectivity index (χ1v) is 7.41. The number of para-hydroxylation sites is 1. The van der Waals surface area contributed by atoms with Crippen LogP contribution in [0.2, 0.25) is 0 Å². The maximum Gasteiger partial charge on any atom is 0.133 e. The van der Waals surface area contributed by atoms with Crippen molar-refractivity contribution in [1.82, 2.24) is 19.9 Å². The number of nitrogens with one attached hydrogen (secondary N) is 1. The smallest absolute Gasteiger partial charge is 0.133 e. The summed E-state index contributed by atoms with van der Waals surface area (Å²) in [4.78, 5) is 17.6. The van der Waals surface area contributed by atoms with Crippen LogP contribution >= 0.6 is 11.8 Å². The Kier molecular flexibility index (Phi) is 3.70. The van der Waals surface area contributed by atoms with E-state index in [1.165, 1.54) is 0 Å². The second-order valence-corrected chi connectivity index (χ2v) is 5.58. The van der Waals surface area contributed by atoms with E-state index in [1.54, 1.807) is 18.1 Å². The van der Waals surface area contributed by atoms with E-state index in [1.807, 2.05) is 45.2 Å². The summed E-state index contributed by atoms with van der Waals surface area (Å²) in [5.74, 6) is 1.59. The number of rotatable bonds is 3. The van der Waals surface area contributed by atoms with Crippen LogP contribution in [0.1, 0.15) is 11.4 Å². The van der Waals surface area contributed by atoms with Crippen LogP contribution in [0.5, 0.6) is 0 Å². The van der Waals surface area contributed by atoms with E-state index in [-0.39, 0.29) is 0 Å². The number of hydrogen-bond acceptors (Lipinski definition) is 6. The molecule has 3 aromatic rings. The molecule has 6 heteroatoms. The second-order valence-electron chi connectivity index (χ2n) is 4.60. The van der Waals surface area contributed by atoms with Crippen molar-refractivity contribution in [2.45, 2.75) is 23.9 Å². The van der Waals surface area contributed by atoms with Gasteiger partial charge in [-0.3, -0.25) is 0 Å². The molecule has 21 heavy (non-hydrogen) atoms. The summed E-state index contributed by atoms with van der Waals surface area (Å²) in [6.45, 7) is 3.90. The Morgan fingerprint density at radius 1 is 1.00 bits per heavy atom. The predicted molar refractivity (Wildman–Crippen MR) is 84.7 cm³/mol. The van der Waals surface area contributed by atoms with Gasteiger partial charge in [0.25, 0.3) is 0 Å². The van der Waals surface area contributed by atoms with Gasteiger partial charge in [0.1, 0.15) is 28.0 Å². The fraction of sp³-hybridized carbons (Fsp3) is 0.200. The van der Waals surface area contributed by atoms with E-state index in [4.69, 9.17) is 0 Å². The number of anilines is 1. The highest BCUT2D eigenvalue weighted by Gasteiger charge is 2.12. The van der Waals surface area contributed by atoms with Crippen LogP contribution < -0.4 is 5.32 Å². The average molecular weight is 297 g/mol. The third-order valence-electron chi connectivity index (χ3n) is 3.15. The lowest BCUT2D eigenvalue weighted by Crippen LogP contribution is -2.02. The lowest BCUT2D eigenvalue weighted by Gasteiger charge is -2.10. The third kappa shape index (κ3) is 2.67. The Bertz CT molecular complexity index is 798. The molecule has 2 heterocycles. The van der Waals surface area contributed by atoms with Crippen LogP contribution in [-0.2, 0) is 0 Å². The van der Waals surface area contributed by atoms with E-state index in [0.717, 1.165) is 38.2 Å². The minimum Gasteiger partial charge on any atom is -0.373 e. The zero-order chi connectivity index (χ0) is 14.8. The van der Waals surface area contributed by atoms with E-state index in [9.17, 15) is 0 Å². The summed E-state index contributed by atoms with van der Waals surface area (Å²) in [5, 5.41) is 5.96. The molecule has 0 aliphatic rings. The zero-order valence-corrected chi connectivity index (χ0v) is 12.9. The molecule has 0 amide bonds. The lowest BCUT2D eigenvalue weighted by molar-refractivity contribution is 0.938. The fourth-order valence-corrected chi connectivity index (χ4v) is 3.09. The summed E-state index contributed by atoms with van der Waals surface area (Å²) < 4.78 is 0. The lowest BCUT2D eigenvalue weighted by atomic mass is 10.2. The molecule has 0 fully saturated rings. The summed E-state index contributed by atoms with van der Waals surface area (Å²) in [6.07, 6.45) is 1.59. The fourth-order valence-electron chi connectivity index (χ4n) is 2.10. The van der Waals surface area contributed by atoms with Crippen molar-refractivity contribution in [2.75, 3.05) is 12.4 Å². The van der Waals surface area contributed by atoms with Crippen molar-refractivity contribution < 1.29 is 0 Å². The van der Waals surface area contributed by atoms with E-state index < -0.39 is 0 Å². The molecule has 0 atom stereocenters. The standard InChI is InChI=1S/C15H15N5S/c1-9-13(16-3)19-10(2)20-14(9)21-15-11-6-4-5-7-12(11)17-8-18-15/h4-8H,1-3H3,(H,16,19,20). The molecule has 0 radical (unpaired) electrons.